The van der Waals surface area contributed by atoms with Gasteiger partial charge in [0.2, 0.25) is 5.24 Å². The summed E-state index contributed by atoms with van der Waals surface area (Å²) in [7, 11) is 0. The van der Waals surface area contributed by atoms with E-state index in [9.17, 15) is 4.79 Å². The summed E-state index contributed by atoms with van der Waals surface area (Å²) in [6.07, 6.45) is 4.01. The number of nitrogens with zero attached hydrogens (tertiary/aromatic N) is 1. The number of carbonyl (C=O) groups is 1. The number of hydrogen-bond acceptors (Lipinski definition) is 4. The molecule has 25 heavy (non-hydrogen) atoms. The van der Waals surface area contributed by atoms with Crippen LogP contribution >= 0.6 is 11.6 Å². The Morgan fingerprint density at radius 3 is 2.28 bits per heavy atom. The molecule has 0 aliphatic carbocycles. The zero-order valence-corrected chi connectivity index (χ0v) is 16.3. The number of anilines is 1. The summed E-state index contributed by atoms with van der Waals surface area (Å²) in [6.45, 7) is 8.27. The molecule has 140 valence electrons. The number of rotatable bonds is 9. The molecule has 1 aromatic rings. The van der Waals surface area contributed by atoms with Gasteiger partial charge in [-0.3, -0.25) is 4.79 Å². The molecule has 1 heterocycles. The Labute approximate surface area is 156 Å². The Hall–Kier alpha value is -1.10. The van der Waals surface area contributed by atoms with Gasteiger partial charge in [0.1, 0.15) is 6.04 Å². The van der Waals surface area contributed by atoms with Crippen LogP contribution in [0, 0.1) is 0 Å². The minimum atomic E-state index is -0.362. The second kappa shape index (κ2) is 10.1. The number of ether oxygens (including phenoxy) is 2. The first-order valence-corrected chi connectivity index (χ1v) is 9.80. The summed E-state index contributed by atoms with van der Waals surface area (Å²) in [5, 5.41) is -0.314. The first kappa shape index (κ1) is 20.2. The van der Waals surface area contributed by atoms with Crippen LogP contribution in [0.2, 0.25) is 0 Å². The summed E-state index contributed by atoms with van der Waals surface area (Å²) in [5.41, 5.74) is 3.58. The van der Waals surface area contributed by atoms with E-state index < -0.39 is 0 Å². The molecule has 0 spiro atoms. The lowest BCUT2D eigenvalue weighted by Crippen LogP contribution is -2.47. The first-order valence-electron chi connectivity index (χ1n) is 9.42. The predicted molar refractivity (Wildman–Crippen MR) is 102 cm³/mol. The van der Waals surface area contributed by atoms with Crippen molar-refractivity contribution in [3.63, 3.8) is 0 Å². The number of hydrogen-bond donors (Lipinski definition) is 0. The van der Waals surface area contributed by atoms with Gasteiger partial charge in [0.15, 0.2) is 6.29 Å². The molecule has 1 aliphatic rings. The zero-order valence-electron chi connectivity index (χ0n) is 15.6. The number of halogens is 1. The summed E-state index contributed by atoms with van der Waals surface area (Å²) in [4.78, 5) is 14.4. The van der Waals surface area contributed by atoms with Gasteiger partial charge in [0.05, 0.1) is 19.8 Å². The van der Waals surface area contributed by atoms with E-state index in [0.717, 1.165) is 37.8 Å². The molecule has 0 N–H and O–H groups in total. The van der Waals surface area contributed by atoms with E-state index in [4.69, 9.17) is 21.1 Å². The van der Waals surface area contributed by atoms with Gasteiger partial charge in [-0.05, 0) is 48.4 Å². The Bertz CT molecular complexity index is 536. The summed E-state index contributed by atoms with van der Waals surface area (Å²) in [5.74, 6) is 0. The van der Waals surface area contributed by atoms with E-state index in [0.29, 0.717) is 19.8 Å². The highest BCUT2D eigenvalue weighted by atomic mass is 35.5. The molecule has 0 amide bonds. The second-order valence-corrected chi connectivity index (χ2v) is 6.79. The van der Waals surface area contributed by atoms with Crippen LogP contribution in [0.1, 0.15) is 51.2 Å². The Kier molecular flexibility index (Phi) is 8.20. The van der Waals surface area contributed by atoms with E-state index in [1.54, 1.807) is 0 Å². The van der Waals surface area contributed by atoms with Gasteiger partial charge in [0.25, 0.3) is 0 Å². The molecule has 1 saturated heterocycles. The number of benzene rings is 1. The van der Waals surface area contributed by atoms with Crippen molar-refractivity contribution < 1.29 is 14.3 Å². The molecule has 0 bridgehead atoms. The molecule has 1 fully saturated rings. The lowest BCUT2D eigenvalue weighted by Gasteiger charge is -2.37. The fourth-order valence-electron chi connectivity index (χ4n) is 3.43. The van der Waals surface area contributed by atoms with Crippen molar-refractivity contribution in [1.29, 1.82) is 0 Å². The smallest absolute Gasteiger partial charge is 0.244 e. The van der Waals surface area contributed by atoms with Gasteiger partial charge < -0.3 is 14.4 Å². The third kappa shape index (κ3) is 5.19. The van der Waals surface area contributed by atoms with Crippen molar-refractivity contribution in [1.82, 2.24) is 0 Å². The maximum atomic E-state index is 12.2. The minimum absolute atomic E-state index is 0.314. The zero-order chi connectivity index (χ0) is 18.2. The van der Waals surface area contributed by atoms with Crippen LogP contribution in [-0.2, 0) is 27.1 Å². The number of aryl methyl sites for hydroxylation is 2. The molecule has 1 atom stereocenters. The van der Waals surface area contributed by atoms with Crippen LogP contribution in [0.5, 0.6) is 0 Å². The van der Waals surface area contributed by atoms with Gasteiger partial charge in [-0.25, -0.2) is 0 Å². The third-order valence-corrected chi connectivity index (χ3v) is 4.95. The quantitative estimate of drug-likeness (QED) is 0.609. The predicted octanol–water partition coefficient (Wildman–Crippen LogP) is 4.31. The monoisotopic (exact) mass is 367 g/mol. The molecule has 2 rings (SSSR count). The first-order chi connectivity index (χ1) is 12.1. The van der Waals surface area contributed by atoms with Crippen molar-refractivity contribution in [3.05, 3.63) is 29.3 Å². The van der Waals surface area contributed by atoms with Gasteiger partial charge in [-0.1, -0.05) is 45.4 Å². The van der Waals surface area contributed by atoms with Crippen molar-refractivity contribution in [2.45, 2.75) is 65.2 Å². The Balaban J connectivity index is 2.44. The largest absolute Gasteiger partial charge is 0.355 e. The van der Waals surface area contributed by atoms with Crippen LogP contribution < -0.4 is 4.90 Å². The Morgan fingerprint density at radius 1 is 1.20 bits per heavy atom. The van der Waals surface area contributed by atoms with Gasteiger partial charge in [-0.2, -0.15) is 0 Å². The standard InChI is InChI=1S/C20H30ClNO3/c1-4-9-17(20(21)23)22(14-18-24-12-8-13-25-18)19-15(5-2)10-7-11-16(19)6-3/h7,10-11,17-18H,4-6,8-9,12-14H2,1-3H3. The van der Waals surface area contributed by atoms with Crippen LogP contribution in [0.25, 0.3) is 0 Å². The van der Waals surface area contributed by atoms with Crippen molar-refractivity contribution in [3.8, 4) is 0 Å². The van der Waals surface area contributed by atoms with E-state index in [1.807, 2.05) is 0 Å². The molecule has 5 heteroatoms. The lowest BCUT2D eigenvalue weighted by molar-refractivity contribution is -0.172. The van der Waals surface area contributed by atoms with Gasteiger partial charge >= 0.3 is 0 Å². The summed E-state index contributed by atoms with van der Waals surface area (Å²) >= 11 is 6.01. The maximum absolute atomic E-state index is 12.2. The number of para-hydroxylation sites is 1. The SMILES string of the molecule is CCCC(C(=O)Cl)N(CC1OCCCO1)c1c(CC)cccc1CC. The molecule has 0 saturated carbocycles. The maximum Gasteiger partial charge on any atom is 0.244 e. The lowest BCUT2D eigenvalue weighted by atomic mass is 9.99. The van der Waals surface area contributed by atoms with Crippen molar-refractivity contribution >= 4 is 22.5 Å². The van der Waals surface area contributed by atoms with Crippen LogP contribution in [-0.4, -0.2) is 37.3 Å². The highest BCUT2D eigenvalue weighted by Gasteiger charge is 2.30. The Morgan fingerprint density at radius 2 is 1.80 bits per heavy atom. The summed E-state index contributed by atoms with van der Waals surface area (Å²) in [6, 6.07) is 5.99. The van der Waals surface area contributed by atoms with Crippen LogP contribution in [0.3, 0.4) is 0 Å². The normalized spacial score (nSPS) is 16.6. The molecular weight excluding hydrogens is 338 g/mol. The molecular formula is C20H30ClNO3. The van der Waals surface area contributed by atoms with Crippen molar-refractivity contribution in [2.24, 2.45) is 0 Å². The topological polar surface area (TPSA) is 38.8 Å². The fourth-order valence-corrected chi connectivity index (χ4v) is 3.65. The number of carbonyl (C=O) groups excluding carboxylic acids is 1. The summed E-state index contributed by atoms with van der Waals surface area (Å²) < 4.78 is 11.5. The molecule has 1 aliphatic heterocycles. The van der Waals surface area contributed by atoms with E-state index >= 15 is 0 Å². The van der Waals surface area contributed by atoms with Crippen molar-refractivity contribution in [2.75, 3.05) is 24.7 Å². The van der Waals surface area contributed by atoms with Crippen LogP contribution in [0.15, 0.2) is 18.2 Å². The second-order valence-electron chi connectivity index (χ2n) is 6.42. The average molecular weight is 368 g/mol. The molecule has 4 nitrogen and oxygen atoms in total. The van der Waals surface area contributed by atoms with E-state index in [-0.39, 0.29) is 17.6 Å². The molecule has 0 aromatic heterocycles. The highest BCUT2D eigenvalue weighted by Crippen LogP contribution is 2.31. The third-order valence-electron chi connectivity index (χ3n) is 4.69. The molecule has 1 unspecified atom stereocenters. The van der Waals surface area contributed by atoms with E-state index in [1.165, 1.54) is 11.1 Å². The highest BCUT2D eigenvalue weighted by molar-refractivity contribution is 6.65. The molecule has 1 aromatic carbocycles. The molecule has 0 radical (unpaired) electrons. The van der Waals surface area contributed by atoms with E-state index in [2.05, 4.69) is 43.9 Å². The average Bonchev–Trinajstić information content (AvgIpc) is 2.64. The fraction of sp³-hybridized carbons (Fsp3) is 0.650. The van der Waals surface area contributed by atoms with Gasteiger partial charge in [0, 0.05) is 5.69 Å². The van der Waals surface area contributed by atoms with Crippen LogP contribution in [0.4, 0.5) is 5.69 Å². The van der Waals surface area contributed by atoms with Gasteiger partial charge in [-0.15, -0.1) is 0 Å². The minimum Gasteiger partial charge on any atom is -0.355 e.